The van der Waals surface area contributed by atoms with Gasteiger partial charge in [0.15, 0.2) is 0 Å². The van der Waals surface area contributed by atoms with Crippen LogP contribution in [0.25, 0.3) is 6.08 Å². The fourth-order valence-electron chi connectivity index (χ4n) is 2.44. The van der Waals surface area contributed by atoms with Crippen LogP contribution in [0.15, 0.2) is 53.9 Å². The summed E-state index contributed by atoms with van der Waals surface area (Å²) in [5.41, 5.74) is 1.94. The molecule has 1 heterocycles. The van der Waals surface area contributed by atoms with Gasteiger partial charge in [-0.15, -0.1) is 4.83 Å². The molecule has 1 amide bonds. The van der Waals surface area contributed by atoms with E-state index in [0.29, 0.717) is 17.5 Å². The molecule has 0 saturated carbocycles. The number of hydrogen-bond acceptors (Lipinski definition) is 3. The zero-order valence-electron chi connectivity index (χ0n) is 12.6. The third kappa shape index (κ3) is 3.69. The lowest BCUT2D eigenvalue weighted by Crippen LogP contribution is -2.48. The summed E-state index contributed by atoms with van der Waals surface area (Å²) in [5, 5.41) is 2.04. The summed E-state index contributed by atoms with van der Waals surface area (Å²) in [6, 6.07) is 12.5. The van der Waals surface area contributed by atoms with Gasteiger partial charge in [-0.2, -0.15) is 0 Å². The van der Waals surface area contributed by atoms with Crippen LogP contribution in [0.1, 0.15) is 21.5 Å². The van der Waals surface area contributed by atoms with Gasteiger partial charge in [0, 0.05) is 17.5 Å². The number of nitrogens with one attached hydrogen (secondary N) is 1. The van der Waals surface area contributed by atoms with E-state index in [9.17, 15) is 17.6 Å². The number of sulfonamides is 1. The lowest BCUT2D eigenvalue weighted by molar-refractivity contribution is 0.0701. The van der Waals surface area contributed by atoms with Gasteiger partial charge < -0.3 is 0 Å². The monoisotopic (exact) mass is 346 g/mol. The van der Waals surface area contributed by atoms with Crippen molar-refractivity contribution in [2.45, 2.75) is 6.42 Å². The van der Waals surface area contributed by atoms with Crippen LogP contribution in [0, 0.1) is 5.82 Å². The third-order valence-electron chi connectivity index (χ3n) is 3.64. The summed E-state index contributed by atoms with van der Waals surface area (Å²) in [6.45, 7) is 0.263. The number of amides is 1. The molecule has 0 radical (unpaired) electrons. The van der Waals surface area contributed by atoms with Crippen molar-refractivity contribution in [2.24, 2.45) is 0 Å². The topological polar surface area (TPSA) is 66.5 Å². The Kier molecular flexibility index (Phi) is 4.46. The van der Waals surface area contributed by atoms with Gasteiger partial charge in [-0.3, -0.25) is 9.80 Å². The second-order valence-corrected chi connectivity index (χ2v) is 6.90. The maximum atomic E-state index is 12.8. The molecule has 5 nitrogen and oxygen atoms in total. The maximum absolute atomic E-state index is 12.8. The van der Waals surface area contributed by atoms with Crippen LogP contribution >= 0.6 is 0 Å². The molecule has 0 aromatic heterocycles. The number of hydrazine groups is 1. The highest BCUT2D eigenvalue weighted by atomic mass is 32.2. The van der Waals surface area contributed by atoms with Gasteiger partial charge in [0.25, 0.3) is 15.9 Å². The number of rotatable bonds is 4. The highest BCUT2D eigenvalue weighted by Gasteiger charge is 2.26. The molecule has 7 heteroatoms. The molecule has 124 valence electrons. The number of benzene rings is 2. The smallest absolute Gasteiger partial charge is 0.268 e. The van der Waals surface area contributed by atoms with E-state index in [1.165, 1.54) is 30.3 Å². The van der Waals surface area contributed by atoms with Crippen LogP contribution in [0.4, 0.5) is 4.39 Å². The molecule has 3 rings (SSSR count). The minimum Gasteiger partial charge on any atom is -0.268 e. The van der Waals surface area contributed by atoms with Crippen molar-refractivity contribution in [1.29, 1.82) is 0 Å². The standard InChI is InChI=1S/C17H15FN2O3S/c18-15-7-5-13(6-8-15)10-12-24(22,23)19-20-11-9-14-3-1-2-4-16(14)17(20)21/h1-8,10,12,19H,9,11H2/b12-10+. The molecule has 2 aromatic rings. The first-order valence-corrected chi connectivity index (χ1v) is 8.85. The fraction of sp³-hybridized carbons (Fsp3) is 0.118. The van der Waals surface area contributed by atoms with Crippen molar-refractivity contribution in [1.82, 2.24) is 9.84 Å². The molecule has 0 saturated heterocycles. The number of nitrogens with zero attached hydrogens (tertiary/aromatic N) is 1. The fourth-order valence-corrected chi connectivity index (χ4v) is 3.32. The molecule has 0 bridgehead atoms. The molecule has 0 spiro atoms. The van der Waals surface area contributed by atoms with Gasteiger partial charge >= 0.3 is 0 Å². The highest BCUT2D eigenvalue weighted by molar-refractivity contribution is 7.92. The average Bonchev–Trinajstić information content (AvgIpc) is 2.57. The minimum absolute atomic E-state index is 0.263. The molecule has 2 aromatic carbocycles. The van der Waals surface area contributed by atoms with Crippen LogP contribution < -0.4 is 4.83 Å². The molecule has 24 heavy (non-hydrogen) atoms. The Morgan fingerprint density at radius 3 is 2.54 bits per heavy atom. The molecule has 1 aliphatic rings. The average molecular weight is 346 g/mol. The van der Waals surface area contributed by atoms with Gasteiger partial charge in [-0.25, -0.2) is 12.8 Å². The predicted octanol–water partition coefficient (Wildman–Crippen LogP) is 2.33. The molecule has 0 atom stereocenters. The minimum atomic E-state index is -3.84. The van der Waals surface area contributed by atoms with Gasteiger partial charge in [0.2, 0.25) is 0 Å². The Labute approximate surface area is 139 Å². The van der Waals surface area contributed by atoms with Gasteiger partial charge in [0.1, 0.15) is 5.82 Å². The van der Waals surface area contributed by atoms with Crippen LogP contribution in [0.2, 0.25) is 0 Å². The van der Waals surface area contributed by atoms with Crippen molar-refractivity contribution >= 4 is 22.0 Å². The summed E-state index contributed by atoms with van der Waals surface area (Å²) >= 11 is 0. The Hall–Kier alpha value is -2.51. The first kappa shape index (κ1) is 16.4. The van der Waals surface area contributed by atoms with E-state index in [-0.39, 0.29) is 12.5 Å². The van der Waals surface area contributed by atoms with E-state index in [4.69, 9.17) is 0 Å². The van der Waals surface area contributed by atoms with E-state index >= 15 is 0 Å². The Bertz CT molecular complexity index is 892. The molecule has 0 aliphatic carbocycles. The van der Waals surface area contributed by atoms with E-state index in [1.54, 1.807) is 12.1 Å². The van der Waals surface area contributed by atoms with Crippen molar-refractivity contribution < 1.29 is 17.6 Å². The van der Waals surface area contributed by atoms with Gasteiger partial charge in [-0.05, 0) is 41.8 Å². The largest absolute Gasteiger partial charge is 0.269 e. The van der Waals surface area contributed by atoms with Crippen LogP contribution in [-0.4, -0.2) is 25.9 Å². The lowest BCUT2D eigenvalue weighted by atomic mass is 10.0. The van der Waals surface area contributed by atoms with Crippen LogP contribution in [0.3, 0.4) is 0 Å². The number of hydrogen-bond donors (Lipinski definition) is 1. The zero-order valence-corrected chi connectivity index (χ0v) is 13.5. The van der Waals surface area contributed by atoms with Crippen molar-refractivity contribution in [3.63, 3.8) is 0 Å². The summed E-state index contributed by atoms with van der Waals surface area (Å²) in [6.07, 6.45) is 1.91. The van der Waals surface area contributed by atoms with Crippen LogP contribution in [-0.2, 0) is 16.4 Å². The predicted molar refractivity (Wildman–Crippen MR) is 88.7 cm³/mol. The maximum Gasteiger partial charge on any atom is 0.269 e. The molecular formula is C17H15FN2O3S. The van der Waals surface area contributed by atoms with Crippen molar-refractivity contribution in [3.05, 3.63) is 76.4 Å². The summed E-state index contributed by atoms with van der Waals surface area (Å²) in [7, 11) is -3.84. The Morgan fingerprint density at radius 2 is 1.79 bits per heavy atom. The Balaban J connectivity index is 1.73. The molecule has 0 fully saturated rings. The third-order valence-corrected chi connectivity index (χ3v) is 4.61. The highest BCUT2D eigenvalue weighted by Crippen LogP contribution is 2.17. The van der Waals surface area contributed by atoms with E-state index < -0.39 is 15.8 Å². The number of carbonyl (C=O) groups excluding carboxylic acids is 1. The molecule has 1 N–H and O–H groups in total. The van der Waals surface area contributed by atoms with Crippen LogP contribution in [0.5, 0.6) is 0 Å². The zero-order chi connectivity index (χ0) is 17.2. The Morgan fingerprint density at radius 1 is 1.08 bits per heavy atom. The van der Waals surface area contributed by atoms with E-state index in [2.05, 4.69) is 4.83 Å². The van der Waals surface area contributed by atoms with E-state index in [1.807, 2.05) is 12.1 Å². The van der Waals surface area contributed by atoms with Gasteiger partial charge in [0.05, 0.1) is 0 Å². The van der Waals surface area contributed by atoms with E-state index in [0.717, 1.165) is 16.0 Å². The normalized spacial score (nSPS) is 14.9. The summed E-state index contributed by atoms with van der Waals surface area (Å²) in [4.78, 5) is 14.6. The molecular weight excluding hydrogens is 331 g/mol. The number of carbonyl (C=O) groups is 1. The first-order chi connectivity index (χ1) is 11.4. The summed E-state index contributed by atoms with van der Waals surface area (Å²) in [5.74, 6) is -0.777. The summed E-state index contributed by atoms with van der Waals surface area (Å²) < 4.78 is 37.1. The molecule has 1 aliphatic heterocycles. The van der Waals surface area contributed by atoms with Crippen molar-refractivity contribution in [2.75, 3.05) is 6.54 Å². The quantitative estimate of drug-likeness (QED) is 0.924. The molecule has 0 unspecified atom stereocenters. The second kappa shape index (κ2) is 6.54. The second-order valence-electron chi connectivity index (χ2n) is 5.35. The lowest BCUT2D eigenvalue weighted by Gasteiger charge is -2.27. The first-order valence-electron chi connectivity index (χ1n) is 7.30. The number of fused-ring (bicyclic) bond motifs is 1. The van der Waals surface area contributed by atoms with Gasteiger partial charge in [-0.1, -0.05) is 30.3 Å². The number of halogens is 1. The van der Waals surface area contributed by atoms with Crippen molar-refractivity contribution in [3.8, 4) is 0 Å². The SMILES string of the molecule is O=C1c2ccccc2CCN1NS(=O)(=O)/C=C/c1ccc(F)cc1.